The van der Waals surface area contributed by atoms with Crippen LogP contribution in [0.1, 0.15) is 19.4 Å². The van der Waals surface area contributed by atoms with E-state index in [-0.39, 0.29) is 11.8 Å². The number of nitrogens with two attached hydrogens (primary N) is 1. The molecule has 2 amide bonds. The second-order valence-electron chi connectivity index (χ2n) is 5.76. The van der Waals surface area contributed by atoms with E-state index in [1.165, 1.54) is 5.56 Å². The third-order valence-electron chi connectivity index (χ3n) is 3.86. The number of anilines is 1. The van der Waals surface area contributed by atoms with Gasteiger partial charge in [-0.15, -0.1) is 0 Å². The summed E-state index contributed by atoms with van der Waals surface area (Å²) in [6.45, 7) is 7.49. The highest BCUT2D eigenvalue weighted by atomic mass is 16.2. The zero-order valence-electron chi connectivity index (χ0n) is 13.2. The van der Waals surface area contributed by atoms with Gasteiger partial charge in [0.2, 0.25) is 11.8 Å². The van der Waals surface area contributed by atoms with Crippen LogP contribution in [0.4, 0.5) is 5.69 Å². The SMILES string of the molecule is CC(=O)N1CCN(Cc2ccc(NC(=O)C(C)N)cc2)CC1. The zero-order chi connectivity index (χ0) is 16.1. The van der Waals surface area contributed by atoms with E-state index < -0.39 is 6.04 Å². The number of carbonyl (C=O) groups excluding carboxylic acids is 2. The predicted molar refractivity (Wildman–Crippen MR) is 86.3 cm³/mol. The van der Waals surface area contributed by atoms with Gasteiger partial charge in [0.05, 0.1) is 6.04 Å². The van der Waals surface area contributed by atoms with Crippen LogP contribution in [0, 0.1) is 0 Å². The number of carbonyl (C=O) groups is 2. The van der Waals surface area contributed by atoms with Crippen molar-refractivity contribution in [1.82, 2.24) is 9.80 Å². The molecule has 1 unspecified atom stereocenters. The molecule has 0 bridgehead atoms. The molecule has 1 saturated heterocycles. The molecule has 1 aromatic carbocycles. The molecule has 120 valence electrons. The van der Waals surface area contributed by atoms with Crippen LogP contribution in [0.5, 0.6) is 0 Å². The number of hydrogen-bond acceptors (Lipinski definition) is 4. The van der Waals surface area contributed by atoms with Crippen LogP contribution in [0.15, 0.2) is 24.3 Å². The summed E-state index contributed by atoms with van der Waals surface area (Å²) in [5, 5.41) is 2.77. The van der Waals surface area contributed by atoms with Crippen molar-refractivity contribution in [2.24, 2.45) is 5.73 Å². The van der Waals surface area contributed by atoms with Crippen molar-refractivity contribution in [2.75, 3.05) is 31.5 Å². The van der Waals surface area contributed by atoms with E-state index in [0.29, 0.717) is 0 Å². The lowest BCUT2D eigenvalue weighted by molar-refractivity contribution is -0.130. The first-order valence-corrected chi connectivity index (χ1v) is 7.59. The minimum atomic E-state index is -0.516. The van der Waals surface area contributed by atoms with Crippen molar-refractivity contribution in [3.05, 3.63) is 29.8 Å². The van der Waals surface area contributed by atoms with Crippen molar-refractivity contribution in [2.45, 2.75) is 26.4 Å². The Balaban J connectivity index is 1.84. The molecule has 6 nitrogen and oxygen atoms in total. The number of nitrogens with one attached hydrogen (secondary N) is 1. The van der Waals surface area contributed by atoms with Gasteiger partial charge in [0, 0.05) is 45.3 Å². The number of nitrogens with zero attached hydrogens (tertiary/aromatic N) is 2. The van der Waals surface area contributed by atoms with Crippen molar-refractivity contribution in [1.29, 1.82) is 0 Å². The highest BCUT2D eigenvalue weighted by Crippen LogP contribution is 2.13. The smallest absolute Gasteiger partial charge is 0.240 e. The van der Waals surface area contributed by atoms with E-state index in [9.17, 15) is 9.59 Å². The summed E-state index contributed by atoms with van der Waals surface area (Å²) >= 11 is 0. The Bertz CT molecular complexity index is 519. The number of amides is 2. The second kappa shape index (κ2) is 7.38. The molecule has 0 aromatic heterocycles. The summed E-state index contributed by atoms with van der Waals surface area (Å²) in [6.07, 6.45) is 0. The lowest BCUT2D eigenvalue weighted by Crippen LogP contribution is -2.47. The van der Waals surface area contributed by atoms with E-state index in [2.05, 4.69) is 10.2 Å². The minimum Gasteiger partial charge on any atom is -0.340 e. The number of piperazine rings is 1. The van der Waals surface area contributed by atoms with Crippen LogP contribution >= 0.6 is 0 Å². The van der Waals surface area contributed by atoms with Crippen LogP contribution in [0.25, 0.3) is 0 Å². The van der Waals surface area contributed by atoms with Gasteiger partial charge >= 0.3 is 0 Å². The highest BCUT2D eigenvalue weighted by molar-refractivity contribution is 5.94. The number of rotatable bonds is 4. The summed E-state index contributed by atoms with van der Waals surface area (Å²) in [5.74, 6) is -0.0398. The fourth-order valence-electron chi connectivity index (χ4n) is 2.43. The zero-order valence-corrected chi connectivity index (χ0v) is 13.2. The average molecular weight is 304 g/mol. The maximum atomic E-state index is 11.5. The largest absolute Gasteiger partial charge is 0.340 e. The van der Waals surface area contributed by atoms with Crippen LogP contribution in [0.2, 0.25) is 0 Å². The van der Waals surface area contributed by atoms with E-state index in [0.717, 1.165) is 38.4 Å². The molecule has 1 atom stereocenters. The molecule has 1 aliphatic heterocycles. The topological polar surface area (TPSA) is 78.7 Å². The summed E-state index contributed by atoms with van der Waals surface area (Å²) in [4.78, 5) is 27.0. The fourth-order valence-corrected chi connectivity index (χ4v) is 2.43. The van der Waals surface area contributed by atoms with Crippen molar-refractivity contribution in [3.63, 3.8) is 0 Å². The Morgan fingerprint density at radius 1 is 1.18 bits per heavy atom. The van der Waals surface area contributed by atoms with E-state index >= 15 is 0 Å². The molecule has 0 saturated carbocycles. The standard InChI is InChI=1S/C16H24N4O2/c1-12(17)16(22)18-15-5-3-14(4-6-15)11-19-7-9-20(10-8-19)13(2)21/h3-6,12H,7-11,17H2,1-2H3,(H,18,22). The monoisotopic (exact) mass is 304 g/mol. The van der Waals surface area contributed by atoms with Gasteiger partial charge in [0.1, 0.15) is 0 Å². The van der Waals surface area contributed by atoms with Crippen molar-refractivity contribution < 1.29 is 9.59 Å². The second-order valence-corrected chi connectivity index (χ2v) is 5.76. The van der Waals surface area contributed by atoms with Gasteiger partial charge in [-0.2, -0.15) is 0 Å². The lowest BCUT2D eigenvalue weighted by atomic mass is 10.1. The van der Waals surface area contributed by atoms with Crippen molar-refractivity contribution in [3.8, 4) is 0 Å². The summed E-state index contributed by atoms with van der Waals surface area (Å²) < 4.78 is 0. The van der Waals surface area contributed by atoms with E-state index in [4.69, 9.17) is 5.73 Å². The Morgan fingerprint density at radius 2 is 1.77 bits per heavy atom. The Hall–Kier alpha value is -1.92. The lowest BCUT2D eigenvalue weighted by Gasteiger charge is -2.34. The molecule has 2 rings (SSSR count). The normalized spacial score (nSPS) is 17.1. The summed E-state index contributed by atoms with van der Waals surface area (Å²) in [5.41, 5.74) is 7.47. The van der Waals surface area contributed by atoms with Gasteiger partial charge in [-0.05, 0) is 24.6 Å². The van der Waals surface area contributed by atoms with Crippen LogP contribution < -0.4 is 11.1 Å². The van der Waals surface area contributed by atoms with Gasteiger partial charge in [-0.3, -0.25) is 14.5 Å². The van der Waals surface area contributed by atoms with Crippen molar-refractivity contribution >= 4 is 17.5 Å². The maximum Gasteiger partial charge on any atom is 0.240 e. The maximum absolute atomic E-state index is 11.5. The predicted octanol–water partition coefficient (Wildman–Crippen LogP) is 0.636. The van der Waals surface area contributed by atoms with E-state index in [1.54, 1.807) is 13.8 Å². The van der Waals surface area contributed by atoms with Crippen LogP contribution in [-0.4, -0.2) is 53.8 Å². The van der Waals surface area contributed by atoms with E-state index in [1.807, 2.05) is 29.2 Å². The molecule has 1 fully saturated rings. The Labute approximate surface area is 131 Å². The number of hydrogen-bond donors (Lipinski definition) is 2. The summed E-state index contributed by atoms with van der Waals surface area (Å²) in [6, 6.07) is 7.28. The van der Waals surface area contributed by atoms with Crippen LogP contribution in [-0.2, 0) is 16.1 Å². The molecular formula is C16H24N4O2. The third kappa shape index (κ3) is 4.54. The molecule has 0 radical (unpaired) electrons. The van der Waals surface area contributed by atoms with Gasteiger partial charge in [-0.25, -0.2) is 0 Å². The first-order chi connectivity index (χ1) is 10.5. The molecule has 6 heteroatoms. The third-order valence-corrected chi connectivity index (χ3v) is 3.86. The first kappa shape index (κ1) is 16.5. The van der Waals surface area contributed by atoms with Gasteiger partial charge in [0.25, 0.3) is 0 Å². The average Bonchev–Trinajstić information content (AvgIpc) is 2.49. The molecule has 0 spiro atoms. The van der Waals surface area contributed by atoms with Crippen LogP contribution in [0.3, 0.4) is 0 Å². The van der Waals surface area contributed by atoms with Gasteiger partial charge in [-0.1, -0.05) is 12.1 Å². The quantitative estimate of drug-likeness (QED) is 0.855. The Morgan fingerprint density at radius 3 is 2.27 bits per heavy atom. The number of benzene rings is 1. The molecule has 1 aromatic rings. The molecule has 22 heavy (non-hydrogen) atoms. The molecule has 1 heterocycles. The summed E-state index contributed by atoms with van der Waals surface area (Å²) in [7, 11) is 0. The molecule has 1 aliphatic rings. The molecular weight excluding hydrogens is 280 g/mol. The molecule has 3 N–H and O–H groups in total. The fraction of sp³-hybridized carbons (Fsp3) is 0.500. The van der Waals surface area contributed by atoms with Gasteiger partial charge in [0.15, 0.2) is 0 Å². The minimum absolute atomic E-state index is 0.147. The first-order valence-electron chi connectivity index (χ1n) is 7.59. The highest BCUT2D eigenvalue weighted by Gasteiger charge is 2.18. The molecule has 0 aliphatic carbocycles. The van der Waals surface area contributed by atoms with Gasteiger partial charge < -0.3 is 16.0 Å². The Kier molecular flexibility index (Phi) is 5.51.